The number of likely N-dealkylation sites (N-methyl/N-ethyl adjacent to an activating group) is 2. The molecule has 4 nitrogen and oxygen atoms in total. The summed E-state index contributed by atoms with van der Waals surface area (Å²) in [6.45, 7) is 5.19. The number of nitrogens with zero attached hydrogens (tertiary/aromatic N) is 2. The van der Waals surface area contributed by atoms with Crippen LogP contribution in [0.25, 0.3) is 0 Å². The fourth-order valence-corrected chi connectivity index (χ4v) is 1.66. The number of hydrogen-bond acceptors (Lipinski definition) is 3. The van der Waals surface area contributed by atoms with E-state index >= 15 is 0 Å². The van der Waals surface area contributed by atoms with Crippen molar-refractivity contribution in [2.45, 2.75) is 13.8 Å². The summed E-state index contributed by atoms with van der Waals surface area (Å²) in [4.78, 5) is 15.3. The minimum Gasteiger partial charge on any atom is -0.399 e. The lowest BCUT2D eigenvalue weighted by Crippen LogP contribution is -2.36. The van der Waals surface area contributed by atoms with E-state index in [0.29, 0.717) is 6.54 Å². The van der Waals surface area contributed by atoms with E-state index in [2.05, 4.69) is 0 Å². The molecule has 0 aliphatic heterocycles. The molecule has 0 fully saturated rings. The number of carbonyl (C=O) groups excluding carboxylic acids is 1. The molecule has 0 atom stereocenters. The van der Waals surface area contributed by atoms with Gasteiger partial charge in [-0.25, -0.2) is 0 Å². The minimum absolute atomic E-state index is 0.0897. The largest absolute Gasteiger partial charge is 0.399 e. The van der Waals surface area contributed by atoms with Crippen LogP contribution in [0.4, 0.5) is 11.4 Å². The van der Waals surface area contributed by atoms with Gasteiger partial charge in [-0.2, -0.15) is 0 Å². The maximum absolute atomic E-state index is 11.7. The Hall–Kier alpha value is -1.71. The Morgan fingerprint density at radius 1 is 1.29 bits per heavy atom. The molecule has 0 aliphatic carbocycles. The fraction of sp³-hybridized carbons (Fsp3) is 0.462. The molecule has 94 valence electrons. The zero-order valence-corrected chi connectivity index (χ0v) is 11.0. The standard InChI is InChI=1S/C13H21N3O/c1-5-16(9-13(17)15(3)4)12-7-10(2)6-11(14)8-12/h6-8H,5,9,14H2,1-4H3. The third kappa shape index (κ3) is 3.66. The normalized spacial score (nSPS) is 10.1. The van der Waals surface area contributed by atoms with Crippen LogP contribution in [-0.4, -0.2) is 38.0 Å². The van der Waals surface area contributed by atoms with E-state index in [1.807, 2.05) is 36.9 Å². The van der Waals surface area contributed by atoms with Crippen LogP contribution in [0, 0.1) is 6.92 Å². The number of aryl methyl sites for hydroxylation is 1. The summed E-state index contributed by atoms with van der Waals surface area (Å²) in [5, 5.41) is 0. The molecule has 0 aromatic heterocycles. The molecule has 17 heavy (non-hydrogen) atoms. The van der Waals surface area contributed by atoms with Gasteiger partial charge in [-0.3, -0.25) is 4.79 Å². The van der Waals surface area contributed by atoms with Gasteiger partial charge in [0.2, 0.25) is 5.91 Å². The Balaban J connectivity index is 2.89. The molecule has 0 radical (unpaired) electrons. The van der Waals surface area contributed by atoms with Crippen molar-refractivity contribution in [2.24, 2.45) is 0 Å². The first kappa shape index (κ1) is 13.4. The SMILES string of the molecule is CCN(CC(=O)N(C)C)c1cc(C)cc(N)c1. The van der Waals surface area contributed by atoms with Crippen molar-refractivity contribution in [1.82, 2.24) is 4.90 Å². The van der Waals surface area contributed by atoms with Crippen LogP contribution in [0.1, 0.15) is 12.5 Å². The number of rotatable bonds is 4. The van der Waals surface area contributed by atoms with Crippen LogP contribution in [0.5, 0.6) is 0 Å². The van der Waals surface area contributed by atoms with E-state index in [9.17, 15) is 4.79 Å². The van der Waals surface area contributed by atoms with Crippen LogP contribution in [0.2, 0.25) is 0 Å². The van der Waals surface area contributed by atoms with Crippen molar-refractivity contribution in [3.05, 3.63) is 23.8 Å². The quantitative estimate of drug-likeness (QED) is 0.804. The first-order valence-electron chi connectivity index (χ1n) is 5.76. The molecule has 0 heterocycles. The summed E-state index contributed by atoms with van der Waals surface area (Å²) < 4.78 is 0. The highest BCUT2D eigenvalue weighted by Gasteiger charge is 2.12. The average Bonchev–Trinajstić information content (AvgIpc) is 2.23. The third-order valence-corrected chi connectivity index (χ3v) is 2.66. The van der Waals surface area contributed by atoms with Gasteiger partial charge in [0.05, 0.1) is 6.54 Å². The van der Waals surface area contributed by atoms with Crippen molar-refractivity contribution in [3.8, 4) is 0 Å². The van der Waals surface area contributed by atoms with Gasteiger partial charge in [0.25, 0.3) is 0 Å². The van der Waals surface area contributed by atoms with Crippen molar-refractivity contribution in [2.75, 3.05) is 37.8 Å². The van der Waals surface area contributed by atoms with Gasteiger partial charge in [-0.15, -0.1) is 0 Å². The molecule has 0 saturated heterocycles. The molecule has 1 amide bonds. The number of nitrogens with two attached hydrogens (primary N) is 1. The highest BCUT2D eigenvalue weighted by molar-refractivity contribution is 5.81. The van der Waals surface area contributed by atoms with Gasteiger partial charge in [0.15, 0.2) is 0 Å². The molecule has 0 saturated carbocycles. The summed E-state index contributed by atoms with van der Waals surface area (Å²) in [5.41, 5.74) is 8.66. The molecule has 4 heteroatoms. The van der Waals surface area contributed by atoms with Gasteiger partial charge in [0, 0.05) is 32.0 Å². The number of anilines is 2. The lowest BCUT2D eigenvalue weighted by molar-refractivity contribution is -0.127. The smallest absolute Gasteiger partial charge is 0.241 e. The molecule has 1 aromatic carbocycles. The summed E-state index contributed by atoms with van der Waals surface area (Å²) in [7, 11) is 3.53. The topological polar surface area (TPSA) is 49.6 Å². The molecule has 0 unspecified atom stereocenters. The van der Waals surface area contributed by atoms with Gasteiger partial charge >= 0.3 is 0 Å². The molecule has 1 rings (SSSR count). The molecular weight excluding hydrogens is 214 g/mol. The molecule has 0 spiro atoms. The van der Waals surface area contributed by atoms with Gasteiger partial charge in [-0.05, 0) is 37.6 Å². The van der Waals surface area contributed by atoms with Crippen LogP contribution in [0.3, 0.4) is 0 Å². The van der Waals surface area contributed by atoms with E-state index in [1.54, 1.807) is 19.0 Å². The van der Waals surface area contributed by atoms with Gasteiger partial charge in [0.1, 0.15) is 0 Å². The summed E-state index contributed by atoms with van der Waals surface area (Å²) in [6, 6.07) is 5.87. The van der Waals surface area contributed by atoms with Gasteiger partial charge in [-0.1, -0.05) is 0 Å². The molecular formula is C13H21N3O. The van der Waals surface area contributed by atoms with Crippen LogP contribution in [0.15, 0.2) is 18.2 Å². The third-order valence-electron chi connectivity index (χ3n) is 2.66. The van der Waals surface area contributed by atoms with Crippen LogP contribution in [-0.2, 0) is 4.79 Å². The second-order valence-corrected chi connectivity index (χ2v) is 4.40. The summed E-state index contributed by atoms with van der Waals surface area (Å²) in [5.74, 6) is 0.0897. The van der Waals surface area contributed by atoms with E-state index in [0.717, 1.165) is 23.5 Å². The second-order valence-electron chi connectivity index (χ2n) is 4.40. The van der Waals surface area contributed by atoms with E-state index < -0.39 is 0 Å². The highest BCUT2D eigenvalue weighted by atomic mass is 16.2. The van der Waals surface area contributed by atoms with Crippen molar-refractivity contribution in [1.29, 1.82) is 0 Å². The van der Waals surface area contributed by atoms with Crippen LogP contribution < -0.4 is 10.6 Å². The first-order valence-corrected chi connectivity index (χ1v) is 5.76. The average molecular weight is 235 g/mol. The fourth-order valence-electron chi connectivity index (χ4n) is 1.66. The Kier molecular flexibility index (Phi) is 4.37. The Bertz CT molecular complexity index is 381. The van der Waals surface area contributed by atoms with Crippen molar-refractivity contribution >= 4 is 17.3 Å². The Morgan fingerprint density at radius 3 is 2.41 bits per heavy atom. The molecule has 0 bridgehead atoms. The second kappa shape index (κ2) is 5.57. The summed E-state index contributed by atoms with van der Waals surface area (Å²) >= 11 is 0. The lowest BCUT2D eigenvalue weighted by atomic mass is 10.2. The number of carbonyl (C=O) groups is 1. The zero-order chi connectivity index (χ0) is 13.0. The number of amides is 1. The van der Waals surface area contributed by atoms with Crippen molar-refractivity contribution in [3.63, 3.8) is 0 Å². The monoisotopic (exact) mass is 235 g/mol. The van der Waals surface area contributed by atoms with E-state index in [-0.39, 0.29) is 5.91 Å². The van der Waals surface area contributed by atoms with Crippen LogP contribution >= 0.6 is 0 Å². The van der Waals surface area contributed by atoms with Gasteiger partial charge < -0.3 is 15.5 Å². The maximum atomic E-state index is 11.7. The lowest BCUT2D eigenvalue weighted by Gasteiger charge is -2.24. The predicted octanol–water partition coefficient (Wildman–Crippen LogP) is 1.49. The minimum atomic E-state index is 0.0897. The van der Waals surface area contributed by atoms with Crippen molar-refractivity contribution < 1.29 is 4.79 Å². The predicted molar refractivity (Wildman–Crippen MR) is 72.2 cm³/mol. The summed E-state index contributed by atoms with van der Waals surface area (Å²) in [6.07, 6.45) is 0. The zero-order valence-electron chi connectivity index (χ0n) is 11.0. The number of benzene rings is 1. The number of nitrogen functional groups attached to an aromatic ring is 1. The van der Waals surface area contributed by atoms with E-state index in [4.69, 9.17) is 5.73 Å². The maximum Gasteiger partial charge on any atom is 0.241 e. The molecule has 2 N–H and O–H groups in total. The van der Waals surface area contributed by atoms with E-state index in [1.165, 1.54) is 0 Å². The number of hydrogen-bond donors (Lipinski definition) is 1. The Labute approximate surface area is 103 Å². The molecule has 1 aromatic rings. The molecule has 0 aliphatic rings. The Morgan fingerprint density at radius 2 is 1.94 bits per heavy atom. The highest BCUT2D eigenvalue weighted by Crippen LogP contribution is 2.20. The first-order chi connectivity index (χ1) is 7.93.